The van der Waals surface area contributed by atoms with E-state index in [0.29, 0.717) is 18.4 Å². The second-order valence-electron chi connectivity index (χ2n) is 7.44. The molecule has 1 amide bonds. The predicted octanol–water partition coefficient (Wildman–Crippen LogP) is 3.28. The van der Waals surface area contributed by atoms with Crippen LogP contribution >= 0.6 is 0 Å². The molecule has 0 radical (unpaired) electrons. The van der Waals surface area contributed by atoms with Gasteiger partial charge < -0.3 is 9.32 Å². The van der Waals surface area contributed by atoms with Crippen molar-refractivity contribution in [3.8, 4) is 11.5 Å². The van der Waals surface area contributed by atoms with Crippen LogP contribution in [0.1, 0.15) is 37.1 Å². The van der Waals surface area contributed by atoms with Crippen LogP contribution in [0.25, 0.3) is 11.5 Å². The SMILES string of the molecule is Cc1oc(-c2ccccc2)nc1CC(=O)N1CCCC(N2CCCC2)C1. The molecule has 2 aliphatic rings. The second kappa shape index (κ2) is 7.62. The van der Waals surface area contributed by atoms with Gasteiger partial charge in [0.1, 0.15) is 5.76 Å². The molecule has 1 unspecified atom stereocenters. The first kappa shape index (κ1) is 17.3. The van der Waals surface area contributed by atoms with E-state index in [1.54, 1.807) is 0 Å². The number of hydrogen-bond donors (Lipinski definition) is 0. The summed E-state index contributed by atoms with van der Waals surface area (Å²) in [7, 11) is 0. The van der Waals surface area contributed by atoms with Crippen LogP contribution in [0.15, 0.2) is 34.7 Å². The van der Waals surface area contributed by atoms with E-state index >= 15 is 0 Å². The first-order valence-electron chi connectivity index (χ1n) is 9.74. The van der Waals surface area contributed by atoms with E-state index in [-0.39, 0.29) is 5.91 Å². The number of carbonyl (C=O) groups excluding carboxylic acids is 1. The topological polar surface area (TPSA) is 49.6 Å². The monoisotopic (exact) mass is 353 g/mol. The number of aryl methyl sites for hydroxylation is 1. The maximum Gasteiger partial charge on any atom is 0.228 e. The van der Waals surface area contributed by atoms with E-state index in [2.05, 4.69) is 9.88 Å². The number of nitrogens with zero attached hydrogens (tertiary/aromatic N) is 3. The summed E-state index contributed by atoms with van der Waals surface area (Å²) in [5.41, 5.74) is 1.71. The lowest BCUT2D eigenvalue weighted by molar-refractivity contribution is -0.132. The standard InChI is InChI=1S/C21H27N3O2/c1-16-19(22-21(26-16)17-8-3-2-4-9-17)14-20(25)24-13-7-10-18(15-24)23-11-5-6-12-23/h2-4,8-9,18H,5-7,10-15H2,1H3. The number of amides is 1. The van der Waals surface area contributed by atoms with E-state index in [4.69, 9.17) is 4.42 Å². The summed E-state index contributed by atoms with van der Waals surface area (Å²) in [4.78, 5) is 22.0. The zero-order valence-corrected chi connectivity index (χ0v) is 15.5. The minimum atomic E-state index is 0.171. The van der Waals surface area contributed by atoms with Crippen molar-refractivity contribution < 1.29 is 9.21 Å². The quantitative estimate of drug-likeness (QED) is 0.846. The first-order valence-corrected chi connectivity index (χ1v) is 9.74. The molecule has 1 aromatic heterocycles. The number of oxazole rings is 1. The minimum Gasteiger partial charge on any atom is -0.441 e. The summed E-state index contributed by atoms with van der Waals surface area (Å²) in [5.74, 6) is 1.51. The zero-order valence-electron chi connectivity index (χ0n) is 15.5. The molecule has 4 rings (SSSR count). The van der Waals surface area contributed by atoms with E-state index in [1.807, 2.05) is 42.2 Å². The lowest BCUT2D eigenvalue weighted by atomic mass is 10.0. The summed E-state index contributed by atoms with van der Waals surface area (Å²) in [6.45, 7) is 6.00. The second-order valence-corrected chi connectivity index (χ2v) is 7.44. The molecular formula is C21H27N3O2. The van der Waals surface area contributed by atoms with Crippen LogP contribution < -0.4 is 0 Å². The van der Waals surface area contributed by atoms with Crippen molar-refractivity contribution in [2.45, 2.75) is 45.1 Å². The Bertz CT molecular complexity index is 750. The first-order chi connectivity index (χ1) is 12.7. The molecule has 0 aliphatic carbocycles. The lowest BCUT2D eigenvalue weighted by Gasteiger charge is -2.37. The Morgan fingerprint density at radius 2 is 1.92 bits per heavy atom. The molecule has 0 bridgehead atoms. The van der Waals surface area contributed by atoms with Crippen molar-refractivity contribution in [3.63, 3.8) is 0 Å². The minimum absolute atomic E-state index is 0.171. The van der Waals surface area contributed by atoms with Gasteiger partial charge in [0.25, 0.3) is 0 Å². The Morgan fingerprint density at radius 3 is 2.69 bits per heavy atom. The zero-order chi connectivity index (χ0) is 17.9. The molecule has 1 aromatic carbocycles. The smallest absolute Gasteiger partial charge is 0.228 e. The number of likely N-dealkylation sites (tertiary alicyclic amines) is 2. The van der Waals surface area contributed by atoms with Crippen molar-refractivity contribution in [3.05, 3.63) is 41.8 Å². The normalized spacial score (nSPS) is 21.3. The number of aromatic nitrogens is 1. The van der Waals surface area contributed by atoms with Crippen LogP contribution in [0.2, 0.25) is 0 Å². The Hall–Kier alpha value is -2.14. The molecule has 2 saturated heterocycles. The third-order valence-corrected chi connectivity index (χ3v) is 5.64. The Kier molecular flexibility index (Phi) is 5.07. The Morgan fingerprint density at radius 1 is 1.15 bits per heavy atom. The molecule has 2 aliphatic heterocycles. The van der Waals surface area contributed by atoms with Crippen LogP contribution in [-0.2, 0) is 11.2 Å². The van der Waals surface area contributed by atoms with Gasteiger partial charge in [0, 0.05) is 24.7 Å². The van der Waals surface area contributed by atoms with Crippen molar-refractivity contribution >= 4 is 5.91 Å². The van der Waals surface area contributed by atoms with Crippen molar-refractivity contribution in [1.82, 2.24) is 14.8 Å². The third kappa shape index (κ3) is 3.68. The van der Waals surface area contributed by atoms with Crippen LogP contribution in [0.5, 0.6) is 0 Å². The van der Waals surface area contributed by atoms with Crippen LogP contribution in [0, 0.1) is 6.92 Å². The molecule has 0 spiro atoms. The number of piperidine rings is 1. The summed E-state index contributed by atoms with van der Waals surface area (Å²) in [5, 5.41) is 0. The van der Waals surface area contributed by atoms with Gasteiger partial charge in [0.05, 0.1) is 12.1 Å². The van der Waals surface area contributed by atoms with Gasteiger partial charge in [-0.05, 0) is 57.8 Å². The van der Waals surface area contributed by atoms with Gasteiger partial charge in [0.15, 0.2) is 0 Å². The maximum atomic E-state index is 12.9. The van der Waals surface area contributed by atoms with Gasteiger partial charge in [-0.2, -0.15) is 0 Å². The molecule has 138 valence electrons. The van der Waals surface area contributed by atoms with Gasteiger partial charge in [-0.25, -0.2) is 4.98 Å². The molecule has 3 heterocycles. The predicted molar refractivity (Wildman–Crippen MR) is 101 cm³/mol. The van der Waals surface area contributed by atoms with E-state index < -0.39 is 0 Å². The average Bonchev–Trinajstić information content (AvgIpc) is 3.33. The summed E-state index contributed by atoms with van der Waals surface area (Å²) < 4.78 is 5.80. The fourth-order valence-corrected chi connectivity index (χ4v) is 4.14. The summed E-state index contributed by atoms with van der Waals surface area (Å²) in [6.07, 6.45) is 5.23. The highest BCUT2D eigenvalue weighted by Crippen LogP contribution is 2.24. The molecule has 1 atom stereocenters. The van der Waals surface area contributed by atoms with Gasteiger partial charge in [0.2, 0.25) is 11.8 Å². The fraction of sp³-hybridized carbons (Fsp3) is 0.524. The van der Waals surface area contributed by atoms with Gasteiger partial charge in [-0.3, -0.25) is 9.69 Å². The lowest BCUT2D eigenvalue weighted by Crippen LogP contribution is -2.49. The van der Waals surface area contributed by atoms with E-state index in [1.165, 1.54) is 32.4 Å². The van der Waals surface area contributed by atoms with E-state index in [9.17, 15) is 4.79 Å². The van der Waals surface area contributed by atoms with Crippen molar-refractivity contribution in [2.24, 2.45) is 0 Å². The van der Waals surface area contributed by atoms with Gasteiger partial charge in [-0.1, -0.05) is 18.2 Å². The van der Waals surface area contributed by atoms with E-state index in [0.717, 1.165) is 36.5 Å². The molecule has 2 aromatic rings. The molecule has 5 nitrogen and oxygen atoms in total. The highest BCUT2D eigenvalue weighted by atomic mass is 16.4. The fourth-order valence-electron chi connectivity index (χ4n) is 4.14. The molecule has 0 saturated carbocycles. The van der Waals surface area contributed by atoms with Crippen LogP contribution in [0.3, 0.4) is 0 Å². The maximum absolute atomic E-state index is 12.9. The van der Waals surface area contributed by atoms with Crippen molar-refractivity contribution in [1.29, 1.82) is 0 Å². The third-order valence-electron chi connectivity index (χ3n) is 5.64. The summed E-state index contributed by atoms with van der Waals surface area (Å²) >= 11 is 0. The number of rotatable bonds is 4. The van der Waals surface area contributed by atoms with Crippen LogP contribution in [0.4, 0.5) is 0 Å². The van der Waals surface area contributed by atoms with Gasteiger partial charge >= 0.3 is 0 Å². The number of benzene rings is 1. The largest absolute Gasteiger partial charge is 0.441 e. The average molecular weight is 353 g/mol. The van der Waals surface area contributed by atoms with Gasteiger partial charge in [-0.15, -0.1) is 0 Å². The summed E-state index contributed by atoms with van der Waals surface area (Å²) in [6, 6.07) is 10.4. The number of hydrogen-bond acceptors (Lipinski definition) is 4. The molecular weight excluding hydrogens is 326 g/mol. The molecule has 26 heavy (non-hydrogen) atoms. The Labute approximate surface area is 155 Å². The highest BCUT2D eigenvalue weighted by molar-refractivity contribution is 5.79. The molecule has 5 heteroatoms. The van der Waals surface area contributed by atoms with Crippen LogP contribution in [-0.4, -0.2) is 52.9 Å². The highest BCUT2D eigenvalue weighted by Gasteiger charge is 2.29. The Balaban J connectivity index is 1.42. The molecule has 2 fully saturated rings. The molecule has 0 N–H and O–H groups in total. The number of carbonyl (C=O) groups is 1. The van der Waals surface area contributed by atoms with Crippen molar-refractivity contribution in [2.75, 3.05) is 26.2 Å².